The smallest absolute Gasteiger partial charge is 0.238 e. The second kappa shape index (κ2) is 8.29. The SMILES string of the molecule is O=C1CCCN1c1ccc(-c2cnc(Nc3cnc4c(c3)N3C(=O)CC[C@H]3CO4)nc2C2CC2)cc1. The van der Waals surface area contributed by atoms with E-state index < -0.39 is 0 Å². The quantitative estimate of drug-likeness (QED) is 0.582. The zero-order chi connectivity index (χ0) is 24.2. The van der Waals surface area contributed by atoms with Crippen LogP contribution in [0.3, 0.4) is 0 Å². The zero-order valence-corrected chi connectivity index (χ0v) is 19.8. The molecule has 2 saturated heterocycles. The summed E-state index contributed by atoms with van der Waals surface area (Å²) < 4.78 is 5.78. The molecular formula is C27H26N6O3. The van der Waals surface area contributed by atoms with Crippen LogP contribution in [0.15, 0.2) is 42.7 Å². The summed E-state index contributed by atoms with van der Waals surface area (Å²) in [5.41, 5.74) is 5.45. The van der Waals surface area contributed by atoms with Crippen LogP contribution < -0.4 is 19.9 Å². The van der Waals surface area contributed by atoms with Gasteiger partial charge >= 0.3 is 0 Å². The lowest BCUT2D eigenvalue weighted by Gasteiger charge is -2.31. The Labute approximate surface area is 208 Å². The van der Waals surface area contributed by atoms with Crippen LogP contribution in [-0.4, -0.2) is 46.0 Å². The predicted octanol–water partition coefficient (Wildman–Crippen LogP) is 4.17. The third kappa shape index (κ3) is 3.66. The molecule has 2 amide bonds. The maximum atomic E-state index is 12.4. The molecule has 3 aromatic rings. The second-order valence-corrected chi connectivity index (χ2v) is 9.90. The van der Waals surface area contributed by atoms with Crippen molar-refractivity contribution in [3.05, 3.63) is 48.4 Å². The minimum atomic E-state index is 0.0778. The summed E-state index contributed by atoms with van der Waals surface area (Å²) >= 11 is 0. The highest BCUT2D eigenvalue weighted by molar-refractivity contribution is 5.98. The van der Waals surface area contributed by atoms with Gasteiger partial charge in [0.15, 0.2) is 0 Å². The minimum absolute atomic E-state index is 0.0778. The Bertz CT molecular complexity index is 1370. The molecule has 0 bridgehead atoms. The average molecular weight is 483 g/mol. The number of rotatable bonds is 5. The Hall–Kier alpha value is -4.01. The predicted molar refractivity (Wildman–Crippen MR) is 135 cm³/mol. The number of aromatic nitrogens is 3. The van der Waals surface area contributed by atoms with Gasteiger partial charge in [0.2, 0.25) is 23.6 Å². The molecule has 182 valence electrons. The van der Waals surface area contributed by atoms with Gasteiger partial charge in [0.1, 0.15) is 12.3 Å². The molecule has 1 atom stereocenters. The van der Waals surface area contributed by atoms with Crippen molar-refractivity contribution >= 4 is 34.8 Å². The van der Waals surface area contributed by atoms with Gasteiger partial charge in [-0.3, -0.25) is 9.59 Å². The topological polar surface area (TPSA) is 101 Å². The number of carbonyl (C=O) groups excluding carboxylic acids is 2. The van der Waals surface area contributed by atoms with Gasteiger partial charge in [-0.25, -0.2) is 15.0 Å². The van der Waals surface area contributed by atoms with Crippen LogP contribution in [0, 0.1) is 0 Å². The van der Waals surface area contributed by atoms with E-state index in [0.717, 1.165) is 54.7 Å². The van der Waals surface area contributed by atoms with E-state index in [9.17, 15) is 9.59 Å². The normalized spacial score (nSPS) is 20.8. The molecule has 9 nitrogen and oxygen atoms in total. The van der Waals surface area contributed by atoms with E-state index in [4.69, 9.17) is 9.72 Å². The molecule has 1 aliphatic carbocycles. The number of pyridine rings is 1. The Morgan fingerprint density at radius 1 is 0.972 bits per heavy atom. The largest absolute Gasteiger partial charge is 0.474 e. The first-order valence-electron chi connectivity index (χ1n) is 12.6. The molecule has 1 saturated carbocycles. The van der Waals surface area contributed by atoms with Gasteiger partial charge in [0, 0.05) is 42.8 Å². The van der Waals surface area contributed by atoms with Crippen molar-refractivity contribution in [3.8, 4) is 17.0 Å². The number of ether oxygens (including phenoxy) is 1. The van der Waals surface area contributed by atoms with E-state index in [1.807, 2.05) is 34.2 Å². The molecule has 2 aromatic heterocycles. The van der Waals surface area contributed by atoms with Crippen molar-refractivity contribution in [1.29, 1.82) is 0 Å². The molecule has 7 rings (SSSR count). The van der Waals surface area contributed by atoms with E-state index in [2.05, 4.69) is 27.4 Å². The third-order valence-corrected chi connectivity index (χ3v) is 7.43. The van der Waals surface area contributed by atoms with Gasteiger partial charge < -0.3 is 19.9 Å². The Balaban J connectivity index is 1.16. The van der Waals surface area contributed by atoms with Crippen molar-refractivity contribution in [2.75, 3.05) is 28.3 Å². The van der Waals surface area contributed by atoms with Crippen molar-refractivity contribution in [1.82, 2.24) is 15.0 Å². The van der Waals surface area contributed by atoms with E-state index in [1.54, 1.807) is 6.20 Å². The summed E-state index contributed by atoms with van der Waals surface area (Å²) in [7, 11) is 0. The van der Waals surface area contributed by atoms with E-state index >= 15 is 0 Å². The highest BCUT2D eigenvalue weighted by Crippen LogP contribution is 2.44. The number of hydrogen-bond acceptors (Lipinski definition) is 7. The lowest BCUT2D eigenvalue weighted by molar-refractivity contribution is -0.118. The van der Waals surface area contributed by atoms with Gasteiger partial charge in [-0.15, -0.1) is 0 Å². The van der Waals surface area contributed by atoms with E-state index in [1.165, 1.54) is 0 Å². The van der Waals surface area contributed by atoms with Crippen LogP contribution in [0.5, 0.6) is 5.88 Å². The first-order valence-corrected chi connectivity index (χ1v) is 12.6. The zero-order valence-electron chi connectivity index (χ0n) is 19.8. The lowest BCUT2D eigenvalue weighted by atomic mass is 10.0. The van der Waals surface area contributed by atoms with Crippen molar-refractivity contribution < 1.29 is 14.3 Å². The van der Waals surface area contributed by atoms with Crippen LogP contribution in [0.25, 0.3) is 11.1 Å². The van der Waals surface area contributed by atoms with Gasteiger partial charge in [0.25, 0.3) is 0 Å². The fourth-order valence-electron chi connectivity index (χ4n) is 5.42. The van der Waals surface area contributed by atoms with Gasteiger partial charge in [-0.1, -0.05) is 12.1 Å². The maximum Gasteiger partial charge on any atom is 0.238 e. The maximum absolute atomic E-state index is 12.4. The van der Waals surface area contributed by atoms with Crippen molar-refractivity contribution in [3.63, 3.8) is 0 Å². The van der Waals surface area contributed by atoms with Crippen molar-refractivity contribution in [2.45, 2.75) is 50.5 Å². The number of carbonyl (C=O) groups is 2. The summed E-state index contributed by atoms with van der Waals surface area (Å²) in [6.45, 7) is 1.27. The number of hydrogen-bond donors (Lipinski definition) is 1. The van der Waals surface area contributed by atoms with Crippen LogP contribution >= 0.6 is 0 Å². The molecule has 5 heterocycles. The molecule has 1 aromatic carbocycles. The number of amides is 2. The number of nitrogens with one attached hydrogen (secondary N) is 1. The number of nitrogens with zero attached hydrogens (tertiary/aromatic N) is 5. The molecule has 3 aliphatic heterocycles. The standard InChI is InChI=1S/C27H26N6O3/c34-23-2-1-11-32(23)19-7-5-16(6-8-19)21-14-29-27(31-25(21)17-3-4-17)30-18-12-22-26(28-13-18)36-15-20-9-10-24(35)33(20)22/h5-8,12-14,17,20H,1-4,9-11,15H2,(H,29,30,31)/t20-/m0/s1. The summed E-state index contributed by atoms with van der Waals surface area (Å²) in [4.78, 5) is 42.1. The number of fused-ring (bicyclic) bond motifs is 3. The molecule has 36 heavy (non-hydrogen) atoms. The molecule has 0 unspecified atom stereocenters. The Morgan fingerprint density at radius 2 is 1.83 bits per heavy atom. The number of benzene rings is 1. The van der Waals surface area contributed by atoms with Crippen LogP contribution in [0.1, 0.15) is 50.1 Å². The van der Waals surface area contributed by atoms with Gasteiger partial charge in [0.05, 0.1) is 23.6 Å². The summed E-state index contributed by atoms with van der Waals surface area (Å²) in [6.07, 6.45) is 8.66. The fourth-order valence-corrected chi connectivity index (χ4v) is 5.42. The molecular weight excluding hydrogens is 456 g/mol. The summed E-state index contributed by atoms with van der Waals surface area (Å²) in [6, 6.07) is 10.1. The van der Waals surface area contributed by atoms with Gasteiger partial charge in [-0.05, 0) is 49.4 Å². The molecule has 4 aliphatic rings. The molecule has 3 fully saturated rings. The molecule has 9 heteroatoms. The van der Waals surface area contributed by atoms with Crippen molar-refractivity contribution in [2.24, 2.45) is 0 Å². The van der Waals surface area contributed by atoms with Gasteiger partial charge in [-0.2, -0.15) is 0 Å². The van der Waals surface area contributed by atoms with E-state index in [0.29, 0.717) is 48.6 Å². The van der Waals surface area contributed by atoms with Crippen LogP contribution in [-0.2, 0) is 9.59 Å². The molecule has 1 N–H and O–H groups in total. The Kier molecular flexibility index (Phi) is 4.90. The van der Waals surface area contributed by atoms with Crippen LogP contribution in [0.4, 0.5) is 23.0 Å². The summed E-state index contributed by atoms with van der Waals surface area (Å²) in [5.74, 6) is 1.71. The molecule has 0 spiro atoms. The summed E-state index contributed by atoms with van der Waals surface area (Å²) in [5, 5.41) is 3.28. The Morgan fingerprint density at radius 3 is 2.61 bits per heavy atom. The monoisotopic (exact) mass is 482 g/mol. The third-order valence-electron chi connectivity index (χ3n) is 7.43. The fraction of sp³-hybridized carbons (Fsp3) is 0.370. The first kappa shape index (κ1) is 21.3. The number of anilines is 4. The highest BCUT2D eigenvalue weighted by atomic mass is 16.5. The van der Waals surface area contributed by atoms with E-state index in [-0.39, 0.29) is 17.9 Å². The second-order valence-electron chi connectivity index (χ2n) is 9.90. The lowest BCUT2D eigenvalue weighted by Crippen LogP contribution is -2.40. The first-order chi connectivity index (χ1) is 17.6. The highest BCUT2D eigenvalue weighted by Gasteiger charge is 2.38. The average Bonchev–Trinajstić information content (AvgIpc) is 3.56. The minimum Gasteiger partial charge on any atom is -0.474 e. The molecule has 0 radical (unpaired) electrons. The van der Waals surface area contributed by atoms with Crippen LogP contribution in [0.2, 0.25) is 0 Å².